The van der Waals surface area contributed by atoms with Gasteiger partial charge < -0.3 is 24.3 Å². The van der Waals surface area contributed by atoms with Crippen molar-refractivity contribution < 1.29 is 23.8 Å². The number of carbonyl (C=O) groups is 1. The maximum atomic E-state index is 13.5. The van der Waals surface area contributed by atoms with Crippen molar-refractivity contribution in [2.24, 2.45) is 0 Å². The van der Waals surface area contributed by atoms with Crippen molar-refractivity contribution in [2.75, 3.05) is 26.9 Å². The Labute approximate surface area is 179 Å². The van der Waals surface area contributed by atoms with E-state index in [4.69, 9.17) is 13.9 Å². The van der Waals surface area contributed by atoms with Crippen LogP contribution in [0.15, 0.2) is 64.6 Å². The summed E-state index contributed by atoms with van der Waals surface area (Å²) in [4.78, 5) is 14.2. The van der Waals surface area contributed by atoms with Crippen LogP contribution in [0.4, 0.5) is 0 Å². The van der Waals surface area contributed by atoms with Crippen LogP contribution in [0.3, 0.4) is 0 Å². The Morgan fingerprint density at radius 3 is 2.57 bits per heavy atom. The number of furan rings is 1. The number of carbonyl (C=O) groups excluding carboxylic acids is 1. The number of amides is 1. The van der Waals surface area contributed by atoms with Crippen LogP contribution in [0.5, 0.6) is 5.75 Å². The van der Waals surface area contributed by atoms with Gasteiger partial charge in [0.1, 0.15) is 11.5 Å². The number of benzene rings is 1. The molecule has 1 atom stereocenters. The number of nitrogens with one attached hydrogen (secondary N) is 1. The van der Waals surface area contributed by atoms with Crippen molar-refractivity contribution in [1.29, 1.82) is 0 Å². The summed E-state index contributed by atoms with van der Waals surface area (Å²) >= 11 is 1.42. The van der Waals surface area contributed by atoms with Crippen LogP contribution in [0.25, 0.3) is 0 Å². The molecule has 0 bridgehead atoms. The lowest BCUT2D eigenvalue weighted by Crippen LogP contribution is -2.51. The first-order valence-electron chi connectivity index (χ1n) is 9.89. The van der Waals surface area contributed by atoms with Gasteiger partial charge in [-0.25, -0.2) is 0 Å². The van der Waals surface area contributed by atoms with Gasteiger partial charge in [-0.3, -0.25) is 4.79 Å². The SMILES string of the molecule is COc1ccc(C2(C(=O)NCC(O)(c3ccco3)c3cccs3)CCOCC2)cc1. The summed E-state index contributed by atoms with van der Waals surface area (Å²) in [5.74, 6) is 1.01. The summed E-state index contributed by atoms with van der Waals surface area (Å²) in [5.41, 5.74) is -1.23. The Kier molecular flexibility index (Phi) is 5.94. The van der Waals surface area contributed by atoms with Gasteiger partial charge in [0.15, 0.2) is 5.60 Å². The monoisotopic (exact) mass is 427 g/mol. The minimum Gasteiger partial charge on any atom is -0.497 e. The third-order valence-corrected chi connectivity index (χ3v) is 6.81. The van der Waals surface area contributed by atoms with Crippen molar-refractivity contribution in [2.45, 2.75) is 23.9 Å². The van der Waals surface area contributed by atoms with Crippen molar-refractivity contribution in [3.05, 3.63) is 76.4 Å². The number of rotatable bonds is 7. The van der Waals surface area contributed by atoms with Crippen LogP contribution < -0.4 is 10.1 Å². The summed E-state index contributed by atoms with van der Waals surface area (Å²) < 4.78 is 16.3. The third kappa shape index (κ3) is 3.76. The number of thiophene rings is 1. The van der Waals surface area contributed by atoms with Crippen LogP contribution in [-0.2, 0) is 20.5 Å². The molecule has 7 heteroatoms. The Hall–Kier alpha value is -2.61. The Bertz CT molecular complexity index is 910. The minimum atomic E-state index is -1.43. The van der Waals surface area contributed by atoms with E-state index in [0.29, 0.717) is 36.7 Å². The van der Waals surface area contributed by atoms with Crippen molar-refractivity contribution in [3.63, 3.8) is 0 Å². The number of aliphatic hydroxyl groups is 1. The van der Waals surface area contributed by atoms with E-state index in [1.54, 1.807) is 19.2 Å². The maximum absolute atomic E-state index is 13.5. The van der Waals surface area contributed by atoms with Crippen molar-refractivity contribution in [1.82, 2.24) is 5.32 Å². The molecule has 2 aromatic heterocycles. The second-order valence-corrected chi connectivity index (χ2v) is 8.37. The van der Waals surface area contributed by atoms with E-state index in [1.165, 1.54) is 17.6 Å². The Morgan fingerprint density at radius 1 is 1.20 bits per heavy atom. The largest absolute Gasteiger partial charge is 0.497 e. The molecule has 158 valence electrons. The molecule has 6 nitrogen and oxygen atoms in total. The molecule has 0 saturated carbocycles. The molecule has 1 saturated heterocycles. The average Bonchev–Trinajstić information content (AvgIpc) is 3.53. The van der Waals surface area contributed by atoms with E-state index >= 15 is 0 Å². The normalized spacial score (nSPS) is 17.8. The molecule has 0 radical (unpaired) electrons. The fourth-order valence-corrected chi connectivity index (χ4v) is 4.81. The van der Waals surface area contributed by atoms with Crippen molar-refractivity contribution >= 4 is 17.2 Å². The molecule has 1 aliphatic heterocycles. The van der Waals surface area contributed by atoms with Crippen LogP contribution in [0.2, 0.25) is 0 Å². The third-order valence-electron chi connectivity index (χ3n) is 5.79. The standard InChI is InChI=1S/C23H25NO5S/c1-27-18-8-6-17(7-9-18)22(10-13-28-14-11-22)21(25)24-16-23(26,19-4-2-12-29-19)20-5-3-15-30-20/h2-9,12,15,26H,10-11,13-14,16H2,1H3,(H,24,25). The van der Waals surface area contributed by atoms with Crippen LogP contribution in [0.1, 0.15) is 29.0 Å². The summed E-state index contributed by atoms with van der Waals surface area (Å²) in [6, 6.07) is 14.8. The lowest BCUT2D eigenvalue weighted by atomic mass is 9.73. The minimum absolute atomic E-state index is 0.0125. The van der Waals surface area contributed by atoms with Gasteiger partial charge >= 0.3 is 0 Å². The zero-order valence-electron chi connectivity index (χ0n) is 16.8. The Balaban J connectivity index is 1.60. The lowest BCUT2D eigenvalue weighted by Gasteiger charge is -2.37. The molecule has 1 fully saturated rings. The van der Waals surface area contributed by atoms with E-state index in [0.717, 1.165) is 11.3 Å². The molecule has 1 amide bonds. The average molecular weight is 428 g/mol. The molecular formula is C23H25NO5S. The lowest BCUT2D eigenvalue weighted by molar-refractivity contribution is -0.131. The Morgan fingerprint density at radius 2 is 1.97 bits per heavy atom. The molecule has 1 aliphatic rings. The van der Waals surface area contributed by atoms with E-state index in [2.05, 4.69) is 5.32 Å². The highest BCUT2D eigenvalue weighted by Gasteiger charge is 2.44. The van der Waals surface area contributed by atoms with Crippen LogP contribution in [-0.4, -0.2) is 37.9 Å². The molecule has 30 heavy (non-hydrogen) atoms. The van der Waals surface area contributed by atoms with E-state index in [1.807, 2.05) is 41.8 Å². The maximum Gasteiger partial charge on any atom is 0.230 e. The summed E-state index contributed by atoms with van der Waals surface area (Å²) in [6.07, 6.45) is 2.67. The summed E-state index contributed by atoms with van der Waals surface area (Å²) in [7, 11) is 1.62. The molecular weight excluding hydrogens is 402 g/mol. The van der Waals surface area contributed by atoms with Gasteiger partial charge in [-0.2, -0.15) is 0 Å². The molecule has 4 rings (SSSR count). The molecule has 0 aliphatic carbocycles. The summed E-state index contributed by atoms with van der Waals surface area (Å²) in [5, 5.41) is 16.4. The first-order chi connectivity index (χ1) is 14.6. The molecule has 1 unspecified atom stereocenters. The highest BCUT2D eigenvalue weighted by Crippen LogP contribution is 2.37. The molecule has 1 aromatic carbocycles. The zero-order chi connectivity index (χ0) is 21.0. The highest BCUT2D eigenvalue weighted by atomic mass is 32.1. The quantitative estimate of drug-likeness (QED) is 0.604. The number of ether oxygens (including phenoxy) is 2. The number of hydrogen-bond donors (Lipinski definition) is 2. The predicted molar refractivity (Wildman–Crippen MR) is 114 cm³/mol. The van der Waals surface area contributed by atoms with Crippen LogP contribution >= 0.6 is 11.3 Å². The predicted octanol–water partition coefficient (Wildman–Crippen LogP) is 3.45. The van der Waals surface area contributed by atoms with Crippen LogP contribution in [0, 0.1) is 0 Å². The van der Waals surface area contributed by atoms with Gasteiger partial charge in [-0.1, -0.05) is 18.2 Å². The summed E-state index contributed by atoms with van der Waals surface area (Å²) in [6.45, 7) is 1.03. The molecule has 0 spiro atoms. The van der Waals surface area contributed by atoms with Gasteiger partial charge in [0.25, 0.3) is 0 Å². The zero-order valence-corrected chi connectivity index (χ0v) is 17.6. The molecule has 2 N–H and O–H groups in total. The fourth-order valence-electron chi connectivity index (χ4n) is 3.98. The first kappa shape index (κ1) is 20.7. The van der Waals surface area contributed by atoms with Gasteiger partial charge in [-0.15, -0.1) is 11.3 Å². The van der Waals surface area contributed by atoms with E-state index in [-0.39, 0.29) is 12.5 Å². The highest BCUT2D eigenvalue weighted by molar-refractivity contribution is 7.10. The topological polar surface area (TPSA) is 80.9 Å². The number of hydrogen-bond acceptors (Lipinski definition) is 6. The molecule has 3 heterocycles. The second-order valence-electron chi connectivity index (χ2n) is 7.42. The molecule has 3 aromatic rings. The smallest absolute Gasteiger partial charge is 0.230 e. The second kappa shape index (κ2) is 8.63. The number of methoxy groups -OCH3 is 1. The van der Waals surface area contributed by atoms with Gasteiger partial charge in [0, 0.05) is 18.1 Å². The van der Waals surface area contributed by atoms with E-state index < -0.39 is 11.0 Å². The van der Waals surface area contributed by atoms with Crippen molar-refractivity contribution in [3.8, 4) is 5.75 Å². The van der Waals surface area contributed by atoms with Gasteiger partial charge in [0.2, 0.25) is 5.91 Å². The van der Waals surface area contributed by atoms with Gasteiger partial charge in [-0.05, 0) is 54.1 Å². The van der Waals surface area contributed by atoms with Gasteiger partial charge in [0.05, 0.1) is 25.3 Å². The first-order valence-corrected chi connectivity index (χ1v) is 10.8. The van der Waals surface area contributed by atoms with E-state index in [9.17, 15) is 9.90 Å². The fraction of sp³-hybridized carbons (Fsp3) is 0.348.